The molecule has 0 radical (unpaired) electrons. The van der Waals surface area contributed by atoms with Crippen molar-refractivity contribution in [2.75, 3.05) is 0 Å². The molecule has 3 rings (SSSR count). The average Bonchev–Trinajstić information content (AvgIpc) is 3.14. The van der Waals surface area contributed by atoms with Crippen molar-refractivity contribution in [3.8, 4) is 0 Å². The first-order valence-electron chi connectivity index (χ1n) is 8.45. The van der Waals surface area contributed by atoms with Gasteiger partial charge in [0.25, 0.3) is 0 Å². The maximum absolute atomic E-state index is 12.5. The Morgan fingerprint density at radius 2 is 1.72 bits per heavy atom. The van der Waals surface area contributed by atoms with Crippen LogP contribution in [-0.2, 0) is 17.8 Å². The standard InChI is InChI=1S/C20H22N4O/c1-16-7-5-6-8-17(16)11-12-20(25)23-19(15-24-21-13-14-22-24)18-9-3-2-4-10-18/h2-10,13-14,19H,11-12,15H2,1H3,(H,23,25)/t19-/m0/s1. The highest BCUT2D eigenvalue weighted by Crippen LogP contribution is 2.15. The number of hydrogen-bond acceptors (Lipinski definition) is 3. The molecule has 128 valence electrons. The molecule has 0 aliphatic heterocycles. The summed E-state index contributed by atoms with van der Waals surface area (Å²) in [5.41, 5.74) is 3.47. The number of rotatable bonds is 7. The minimum Gasteiger partial charge on any atom is -0.347 e. The van der Waals surface area contributed by atoms with Crippen LogP contribution in [-0.4, -0.2) is 20.9 Å². The van der Waals surface area contributed by atoms with Gasteiger partial charge in [-0.3, -0.25) is 4.79 Å². The van der Waals surface area contributed by atoms with Gasteiger partial charge < -0.3 is 5.32 Å². The molecule has 0 fully saturated rings. The molecule has 0 bridgehead atoms. The van der Waals surface area contributed by atoms with E-state index in [0.29, 0.717) is 13.0 Å². The number of benzene rings is 2. The molecule has 1 amide bonds. The fourth-order valence-electron chi connectivity index (χ4n) is 2.83. The zero-order valence-electron chi connectivity index (χ0n) is 14.3. The Balaban J connectivity index is 1.65. The van der Waals surface area contributed by atoms with Gasteiger partial charge in [-0.1, -0.05) is 54.6 Å². The molecule has 5 nitrogen and oxygen atoms in total. The van der Waals surface area contributed by atoms with Crippen LogP contribution in [0.5, 0.6) is 0 Å². The summed E-state index contributed by atoms with van der Waals surface area (Å²) in [4.78, 5) is 14.1. The van der Waals surface area contributed by atoms with Crippen LogP contribution >= 0.6 is 0 Å². The molecule has 0 saturated carbocycles. The van der Waals surface area contributed by atoms with Gasteiger partial charge in [0, 0.05) is 6.42 Å². The van der Waals surface area contributed by atoms with Crippen molar-refractivity contribution >= 4 is 5.91 Å². The minimum absolute atomic E-state index is 0.0317. The molecule has 0 aliphatic carbocycles. The number of hydrogen-bond donors (Lipinski definition) is 1. The summed E-state index contributed by atoms with van der Waals surface area (Å²) in [7, 11) is 0. The van der Waals surface area contributed by atoms with E-state index in [-0.39, 0.29) is 11.9 Å². The van der Waals surface area contributed by atoms with Gasteiger partial charge in [0.15, 0.2) is 0 Å². The highest BCUT2D eigenvalue weighted by Gasteiger charge is 2.16. The zero-order valence-corrected chi connectivity index (χ0v) is 14.3. The maximum atomic E-state index is 12.5. The summed E-state index contributed by atoms with van der Waals surface area (Å²) in [6.45, 7) is 2.58. The fourth-order valence-corrected chi connectivity index (χ4v) is 2.83. The molecule has 1 atom stereocenters. The van der Waals surface area contributed by atoms with E-state index in [0.717, 1.165) is 12.0 Å². The Bertz CT molecular complexity index is 800. The number of nitrogens with one attached hydrogen (secondary N) is 1. The van der Waals surface area contributed by atoms with E-state index in [1.807, 2.05) is 42.5 Å². The van der Waals surface area contributed by atoms with Crippen LogP contribution in [0.25, 0.3) is 0 Å². The molecule has 5 heteroatoms. The molecule has 0 unspecified atom stereocenters. The average molecular weight is 334 g/mol. The predicted molar refractivity (Wildman–Crippen MR) is 96.8 cm³/mol. The van der Waals surface area contributed by atoms with Gasteiger partial charge in [0.05, 0.1) is 25.0 Å². The van der Waals surface area contributed by atoms with Crippen molar-refractivity contribution < 1.29 is 4.79 Å². The van der Waals surface area contributed by atoms with E-state index in [1.54, 1.807) is 17.2 Å². The van der Waals surface area contributed by atoms with Gasteiger partial charge in [-0.05, 0) is 30.0 Å². The van der Waals surface area contributed by atoms with Crippen LogP contribution < -0.4 is 5.32 Å². The van der Waals surface area contributed by atoms with Gasteiger partial charge in [0.1, 0.15) is 0 Å². The van der Waals surface area contributed by atoms with E-state index in [9.17, 15) is 4.79 Å². The second-order valence-electron chi connectivity index (χ2n) is 6.04. The molecular weight excluding hydrogens is 312 g/mol. The van der Waals surface area contributed by atoms with E-state index < -0.39 is 0 Å². The van der Waals surface area contributed by atoms with Gasteiger partial charge >= 0.3 is 0 Å². The highest BCUT2D eigenvalue weighted by molar-refractivity contribution is 5.76. The monoisotopic (exact) mass is 334 g/mol. The van der Waals surface area contributed by atoms with Crippen LogP contribution in [0.1, 0.15) is 29.2 Å². The van der Waals surface area contributed by atoms with E-state index in [4.69, 9.17) is 0 Å². The van der Waals surface area contributed by atoms with Crippen LogP contribution in [0.4, 0.5) is 0 Å². The largest absolute Gasteiger partial charge is 0.347 e. The molecular formula is C20H22N4O. The first-order valence-corrected chi connectivity index (χ1v) is 8.45. The van der Waals surface area contributed by atoms with Crippen molar-refractivity contribution in [2.24, 2.45) is 0 Å². The molecule has 1 heterocycles. The van der Waals surface area contributed by atoms with Gasteiger partial charge in [-0.2, -0.15) is 15.0 Å². The Hall–Kier alpha value is -2.95. The third-order valence-corrected chi connectivity index (χ3v) is 4.23. The molecule has 3 aromatic rings. The lowest BCUT2D eigenvalue weighted by molar-refractivity contribution is -0.121. The lowest BCUT2D eigenvalue weighted by Crippen LogP contribution is -2.32. The smallest absolute Gasteiger partial charge is 0.220 e. The molecule has 1 aromatic heterocycles. The molecule has 25 heavy (non-hydrogen) atoms. The number of amides is 1. The van der Waals surface area contributed by atoms with E-state index in [1.165, 1.54) is 11.1 Å². The normalized spacial score (nSPS) is 11.9. The third-order valence-electron chi connectivity index (χ3n) is 4.23. The highest BCUT2D eigenvalue weighted by atomic mass is 16.1. The van der Waals surface area contributed by atoms with Crippen molar-refractivity contribution in [3.63, 3.8) is 0 Å². The van der Waals surface area contributed by atoms with Gasteiger partial charge in [-0.15, -0.1) is 0 Å². The molecule has 0 spiro atoms. The second kappa shape index (κ2) is 8.24. The Labute approximate surface area is 147 Å². The molecule has 2 aromatic carbocycles. The first kappa shape index (κ1) is 16.9. The number of aryl methyl sites for hydroxylation is 2. The second-order valence-corrected chi connectivity index (χ2v) is 6.04. The van der Waals surface area contributed by atoms with E-state index in [2.05, 4.69) is 34.6 Å². The van der Waals surface area contributed by atoms with Crippen molar-refractivity contribution in [1.82, 2.24) is 20.3 Å². The third kappa shape index (κ3) is 4.76. The Morgan fingerprint density at radius 3 is 2.44 bits per heavy atom. The summed E-state index contributed by atoms with van der Waals surface area (Å²) >= 11 is 0. The van der Waals surface area contributed by atoms with Gasteiger partial charge in [0.2, 0.25) is 5.91 Å². The zero-order chi connectivity index (χ0) is 17.5. The Kier molecular flexibility index (Phi) is 5.57. The molecule has 1 N–H and O–H groups in total. The van der Waals surface area contributed by atoms with Crippen LogP contribution in [0.3, 0.4) is 0 Å². The number of nitrogens with zero attached hydrogens (tertiary/aromatic N) is 3. The van der Waals surface area contributed by atoms with E-state index >= 15 is 0 Å². The molecule has 0 aliphatic rings. The van der Waals surface area contributed by atoms with Crippen molar-refractivity contribution in [3.05, 3.63) is 83.7 Å². The Morgan fingerprint density at radius 1 is 1.04 bits per heavy atom. The summed E-state index contributed by atoms with van der Waals surface area (Å²) in [5, 5.41) is 11.4. The number of carbonyl (C=O) groups is 1. The van der Waals surface area contributed by atoms with Crippen LogP contribution in [0, 0.1) is 6.92 Å². The predicted octanol–water partition coefficient (Wildman–Crippen LogP) is 3.08. The van der Waals surface area contributed by atoms with Crippen LogP contribution in [0.2, 0.25) is 0 Å². The first-order chi connectivity index (χ1) is 12.2. The van der Waals surface area contributed by atoms with Crippen molar-refractivity contribution in [2.45, 2.75) is 32.4 Å². The number of aromatic nitrogens is 3. The summed E-state index contributed by atoms with van der Waals surface area (Å²) < 4.78 is 0. The van der Waals surface area contributed by atoms with Gasteiger partial charge in [-0.25, -0.2) is 0 Å². The van der Waals surface area contributed by atoms with Crippen LogP contribution in [0.15, 0.2) is 67.0 Å². The summed E-state index contributed by atoms with van der Waals surface area (Å²) in [6, 6.07) is 17.9. The SMILES string of the molecule is Cc1ccccc1CCC(=O)N[C@@H](Cn1nccn1)c1ccccc1. The fraction of sp³-hybridized carbons (Fsp3) is 0.250. The topological polar surface area (TPSA) is 59.8 Å². The lowest BCUT2D eigenvalue weighted by Gasteiger charge is -2.19. The summed E-state index contributed by atoms with van der Waals surface area (Å²) in [6.07, 6.45) is 4.48. The maximum Gasteiger partial charge on any atom is 0.220 e. The minimum atomic E-state index is -0.155. The summed E-state index contributed by atoms with van der Waals surface area (Å²) in [5.74, 6) is 0.0317. The lowest BCUT2D eigenvalue weighted by atomic mass is 10.0. The molecule has 0 saturated heterocycles. The quantitative estimate of drug-likeness (QED) is 0.722. The van der Waals surface area contributed by atoms with Crippen molar-refractivity contribution in [1.29, 1.82) is 0 Å². The number of carbonyl (C=O) groups excluding carboxylic acids is 1.